The lowest BCUT2D eigenvalue weighted by Crippen LogP contribution is -2.50. The quantitative estimate of drug-likeness (QED) is 0.714. The van der Waals surface area contributed by atoms with Crippen molar-refractivity contribution in [2.75, 3.05) is 43.5 Å². The third kappa shape index (κ3) is 4.12. The van der Waals surface area contributed by atoms with E-state index in [9.17, 15) is 9.18 Å². The molecule has 2 aromatic carbocycles. The second-order valence-corrected chi connectivity index (χ2v) is 7.46. The van der Waals surface area contributed by atoms with Crippen molar-refractivity contribution in [3.63, 3.8) is 0 Å². The molecule has 0 atom stereocenters. The van der Waals surface area contributed by atoms with Crippen LogP contribution in [0.2, 0.25) is 0 Å². The molecule has 3 aromatic rings. The molecule has 1 aliphatic heterocycles. The van der Waals surface area contributed by atoms with Gasteiger partial charge in [0.05, 0.1) is 18.1 Å². The van der Waals surface area contributed by atoms with Crippen molar-refractivity contribution in [3.05, 3.63) is 53.3 Å². The van der Waals surface area contributed by atoms with Gasteiger partial charge in [0.1, 0.15) is 5.82 Å². The van der Waals surface area contributed by atoms with Crippen molar-refractivity contribution < 1.29 is 13.9 Å². The number of fused-ring (bicyclic) bond motifs is 1. The summed E-state index contributed by atoms with van der Waals surface area (Å²) in [6, 6.07) is 10.3. The van der Waals surface area contributed by atoms with Gasteiger partial charge in [-0.1, -0.05) is 6.07 Å². The van der Waals surface area contributed by atoms with Crippen molar-refractivity contribution >= 4 is 28.6 Å². The predicted molar refractivity (Wildman–Crippen MR) is 115 cm³/mol. The molecule has 0 spiro atoms. The van der Waals surface area contributed by atoms with Gasteiger partial charge in [-0.25, -0.2) is 19.2 Å². The van der Waals surface area contributed by atoms with Gasteiger partial charge in [0.2, 0.25) is 0 Å². The number of aryl methyl sites for hydroxylation is 2. The number of carbonyl (C=O) groups excluding carboxylic acids is 1. The summed E-state index contributed by atoms with van der Waals surface area (Å²) in [5, 5.41) is 2.79. The number of ether oxygens (including phenoxy) is 1. The van der Waals surface area contributed by atoms with E-state index in [2.05, 4.69) is 52.2 Å². The number of aromatic nitrogens is 2. The zero-order valence-electron chi connectivity index (χ0n) is 17.3. The number of nitrogens with one attached hydrogen (secondary N) is 1. The molecule has 156 valence electrons. The molecule has 1 N–H and O–H groups in total. The van der Waals surface area contributed by atoms with Crippen molar-refractivity contribution in [2.24, 2.45) is 0 Å². The number of anilines is 2. The first-order chi connectivity index (χ1) is 14.4. The first-order valence-corrected chi connectivity index (χ1v) is 9.83. The van der Waals surface area contributed by atoms with E-state index in [1.54, 1.807) is 4.90 Å². The molecule has 0 saturated carbocycles. The first kappa shape index (κ1) is 19.9. The van der Waals surface area contributed by atoms with E-state index in [-0.39, 0.29) is 17.7 Å². The lowest BCUT2D eigenvalue weighted by atomic mass is 10.1. The summed E-state index contributed by atoms with van der Waals surface area (Å²) in [6.07, 6.45) is 0. The van der Waals surface area contributed by atoms with Crippen LogP contribution >= 0.6 is 0 Å². The van der Waals surface area contributed by atoms with Crippen LogP contribution in [-0.2, 0) is 0 Å². The number of urea groups is 1. The van der Waals surface area contributed by atoms with E-state index < -0.39 is 5.82 Å². The van der Waals surface area contributed by atoms with Crippen molar-refractivity contribution in [2.45, 2.75) is 13.8 Å². The number of nitrogens with zero attached hydrogens (tertiary/aromatic N) is 4. The third-order valence-electron chi connectivity index (χ3n) is 5.15. The van der Waals surface area contributed by atoms with Gasteiger partial charge in [0.15, 0.2) is 5.82 Å². The molecule has 7 nitrogen and oxygen atoms in total. The van der Waals surface area contributed by atoms with E-state index in [1.165, 1.54) is 42.1 Å². The highest BCUT2D eigenvalue weighted by molar-refractivity contribution is 5.91. The fraction of sp³-hybridized carbons (Fsp3) is 0.318. The number of amides is 2. The topological polar surface area (TPSA) is 70.6 Å². The lowest BCUT2D eigenvalue weighted by Gasteiger charge is -2.36. The average Bonchev–Trinajstić information content (AvgIpc) is 2.72. The molecule has 0 unspecified atom stereocenters. The van der Waals surface area contributed by atoms with Gasteiger partial charge in [0.25, 0.3) is 5.88 Å². The highest BCUT2D eigenvalue weighted by Crippen LogP contribution is 2.25. The maximum atomic E-state index is 13.4. The Balaban J connectivity index is 1.45. The fourth-order valence-corrected chi connectivity index (χ4v) is 3.72. The minimum absolute atomic E-state index is 0.148. The zero-order chi connectivity index (χ0) is 21.3. The summed E-state index contributed by atoms with van der Waals surface area (Å²) >= 11 is 0. The van der Waals surface area contributed by atoms with Crippen LogP contribution in [0.5, 0.6) is 5.88 Å². The Morgan fingerprint density at radius 3 is 2.37 bits per heavy atom. The molecule has 30 heavy (non-hydrogen) atoms. The number of halogens is 1. The first-order valence-electron chi connectivity index (χ1n) is 9.83. The lowest BCUT2D eigenvalue weighted by molar-refractivity contribution is 0.208. The third-order valence-corrected chi connectivity index (χ3v) is 5.15. The molecule has 1 aromatic heterocycles. The van der Waals surface area contributed by atoms with E-state index in [4.69, 9.17) is 4.74 Å². The smallest absolute Gasteiger partial charge is 0.323 e. The molecule has 2 heterocycles. The van der Waals surface area contributed by atoms with Gasteiger partial charge in [-0.15, -0.1) is 0 Å². The molecular weight excluding hydrogens is 385 g/mol. The molecule has 8 heteroatoms. The molecule has 0 bridgehead atoms. The second kappa shape index (κ2) is 8.14. The van der Waals surface area contributed by atoms with E-state index >= 15 is 0 Å². The SMILES string of the molecule is COc1nc2cc(F)ccc2nc1NC(=O)N1CCN(c2cc(C)cc(C)c2)CC1. The maximum absolute atomic E-state index is 13.4. The Labute approximate surface area is 174 Å². The summed E-state index contributed by atoms with van der Waals surface area (Å²) in [6.45, 7) is 6.85. The van der Waals surface area contributed by atoms with E-state index in [0.29, 0.717) is 24.1 Å². The normalized spacial score (nSPS) is 14.1. The molecule has 4 rings (SSSR count). The Bertz CT molecular complexity index is 1080. The van der Waals surface area contributed by atoms with Crippen LogP contribution in [0.1, 0.15) is 11.1 Å². The van der Waals surface area contributed by atoms with Gasteiger partial charge >= 0.3 is 6.03 Å². The highest BCUT2D eigenvalue weighted by Gasteiger charge is 2.23. The van der Waals surface area contributed by atoms with Gasteiger partial charge in [-0.05, 0) is 49.2 Å². The Morgan fingerprint density at radius 1 is 1.00 bits per heavy atom. The van der Waals surface area contributed by atoms with Gasteiger partial charge in [0, 0.05) is 37.9 Å². The Hall–Kier alpha value is -3.42. The number of rotatable bonds is 3. The van der Waals surface area contributed by atoms with Crippen molar-refractivity contribution in [1.29, 1.82) is 0 Å². The van der Waals surface area contributed by atoms with Crippen molar-refractivity contribution in [3.8, 4) is 5.88 Å². The molecule has 0 radical (unpaired) electrons. The van der Waals surface area contributed by atoms with E-state index in [1.807, 2.05) is 0 Å². The minimum atomic E-state index is -0.405. The number of piperazine rings is 1. The van der Waals surface area contributed by atoms with Gasteiger partial charge < -0.3 is 14.5 Å². The van der Waals surface area contributed by atoms with Crippen LogP contribution in [0.3, 0.4) is 0 Å². The van der Waals surface area contributed by atoms with E-state index in [0.717, 1.165) is 13.1 Å². The molecule has 1 aliphatic rings. The maximum Gasteiger partial charge on any atom is 0.323 e. The number of hydrogen-bond acceptors (Lipinski definition) is 5. The molecule has 1 fully saturated rings. The standard InChI is InChI=1S/C22H24FN5O2/c1-14-10-15(2)12-17(11-14)27-6-8-28(9-7-27)22(29)26-20-21(30-3)25-19-13-16(23)4-5-18(19)24-20/h4-5,10-13H,6-9H2,1-3H3,(H,24,26,29). The Kier molecular flexibility index (Phi) is 5.39. The summed E-state index contributed by atoms with van der Waals surface area (Å²) in [5.74, 6) is -0.0361. The summed E-state index contributed by atoms with van der Waals surface area (Å²) in [5.41, 5.74) is 4.49. The van der Waals surface area contributed by atoms with Gasteiger partial charge in [-0.3, -0.25) is 5.32 Å². The summed E-state index contributed by atoms with van der Waals surface area (Å²) < 4.78 is 18.7. The minimum Gasteiger partial charge on any atom is -0.478 e. The monoisotopic (exact) mass is 409 g/mol. The molecular formula is C22H24FN5O2. The number of hydrogen-bond donors (Lipinski definition) is 1. The second-order valence-electron chi connectivity index (χ2n) is 7.46. The highest BCUT2D eigenvalue weighted by atomic mass is 19.1. The summed E-state index contributed by atoms with van der Waals surface area (Å²) in [7, 11) is 1.44. The van der Waals surface area contributed by atoms with Crippen molar-refractivity contribution in [1.82, 2.24) is 14.9 Å². The van der Waals surface area contributed by atoms with Crippen LogP contribution in [0.15, 0.2) is 36.4 Å². The summed E-state index contributed by atoms with van der Waals surface area (Å²) in [4.78, 5) is 25.5. The van der Waals surface area contributed by atoms with Crippen LogP contribution in [-0.4, -0.2) is 54.2 Å². The molecule has 2 amide bonds. The number of benzene rings is 2. The average molecular weight is 409 g/mol. The van der Waals surface area contributed by atoms with Crippen LogP contribution in [0.25, 0.3) is 11.0 Å². The number of methoxy groups -OCH3 is 1. The predicted octanol–water partition coefficient (Wildman–Crippen LogP) is 3.75. The van der Waals surface area contributed by atoms with Gasteiger partial charge in [-0.2, -0.15) is 0 Å². The van der Waals surface area contributed by atoms with Crippen LogP contribution in [0.4, 0.5) is 20.7 Å². The zero-order valence-corrected chi connectivity index (χ0v) is 17.3. The fourth-order valence-electron chi connectivity index (χ4n) is 3.72. The van der Waals surface area contributed by atoms with Crippen LogP contribution in [0, 0.1) is 19.7 Å². The van der Waals surface area contributed by atoms with Crippen LogP contribution < -0.4 is 15.0 Å². The molecule has 1 saturated heterocycles. The largest absolute Gasteiger partial charge is 0.478 e. The Morgan fingerprint density at radius 2 is 1.70 bits per heavy atom. The number of carbonyl (C=O) groups is 1. The molecule has 0 aliphatic carbocycles.